The predicted octanol–water partition coefficient (Wildman–Crippen LogP) is 2.69. The van der Waals surface area contributed by atoms with Crippen molar-refractivity contribution in [1.29, 1.82) is 0 Å². The fourth-order valence-corrected chi connectivity index (χ4v) is 2.15. The molecule has 0 aliphatic carbocycles. The lowest BCUT2D eigenvalue weighted by atomic mass is 10.1. The molecule has 94 valence electrons. The summed E-state index contributed by atoms with van der Waals surface area (Å²) in [5.74, 6) is 0.0474. The van der Waals surface area contributed by atoms with Gasteiger partial charge in [0.15, 0.2) is 0 Å². The third-order valence-corrected chi connectivity index (χ3v) is 3.01. The molecule has 0 saturated heterocycles. The average Bonchev–Trinajstić information content (AvgIpc) is 2.65. The van der Waals surface area contributed by atoms with Crippen LogP contribution >= 0.6 is 15.9 Å². The molecule has 2 N–H and O–H groups in total. The van der Waals surface area contributed by atoms with Crippen LogP contribution in [0.25, 0.3) is 0 Å². The molecule has 0 saturated carbocycles. The van der Waals surface area contributed by atoms with Gasteiger partial charge >= 0.3 is 0 Å². The smallest absolute Gasteiger partial charge is 0.221 e. The molecule has 18 heavy (non-hydrogen) atoms. The van der Waals surface area contributed by atoms with Gasteiger partial charge < -0.3 is 5.73 Å². The van der Waals surface area contributed by atoms with Gasteiger partial charge in [-0.15, -0.1) is 0 Å². The molecule has 0 fully saturated rings. The number of alkyl halides is 1. The van der Waals surface area contributed by atoms with E-state index in [1.807, 2.05) is 6.92 Å². The van der Waals surface area contributed by atoms with Gasteiger partial charge in [-0.25, -0.2) is 14.1 Å². The molecule has 0 spiro atoms. The van der Waals surface area contributed by atoms with E-state index < -0.39 is 0 Å². The predicted molar refractivity (Wildman–Crippen MR) is 73.4 cm³/mol. The van der Waals surface area contributed by atoms with Crippen LogP contribution in [0.2, 0.25) is 0 Å². The Labute approximate surface area is 112 Å². The highest BCUT2D eigenvalue weighted by atomic mass is 79.9. The number of rotatable bonds is 3. The SMILES string of the molecule is Cc1cn(N=Cc2cccc(F)c2CBr)c(N)n1. The maximum atomic E-state index is 13.5. The molecule has 2 aromatic rings. The van der Waals surface area contributed by atoms with Crippen molar-refractivity contribution in [3.8, 4) is 0 Å². The molecule has 0 aliphatic heterocycles. The van der Waals surface area contributed by atoms with Crippen LogP contribution in [0.15, 0.2) is 29.5 Å². The minimum Gasteiger partial charge on any atom is -0.368 e. The summed E-state index contributed by atoms with van der Waals surface area (Å²) >= 11 is 3.26. The fraction of sp³-hybridized carbons (Fsp3) is 0.167. The van der Waals surface area contributed by atoms with Crippen LogP contribution in [0.1, 0.15) is 16.8 Å². The largest absolute Gasteiger partial charge is 0.368 e. The van der Waals surface area contributed by atoms with Crippen molar-refractivity contribution in [3.05, 3.63) is 47.0 Å². The Kier molecular flexibility index (Phi) is 3.76. The zero-order valence-electron chi connectivity index (χ0n) is 9.77. The molecule has 0 bridgehead atoms. The first-order chi connectivity index (χ1) is 8.61. The number of benzene rings is 1. The maximum absolute atomic E-state index is 13.5. The van der Waals surface area contributed by atoms with Crippen LogP contribution in [0.3, 0.4) is 0 Å². The van der Waals surface area contributed by atoms with Crippen molar-refractivity contribution in [2.75, 3.05) is 5.73 Å². The number of nitrogen functional groups attached to an aromatic ring is 1. The number of nitrogens with two attached hydrogens (primary N) is 1. The summed E-state index contributed by atoms with van der Waals surface area (Å²) in [4.78, 5) is 4.03. The summed E-state index contributed by atoms with van der Waals surface area (Å²) in [5.41, 5.74) is 7.72. The van der Waals surface area contributed by atoms with E-state index in [1.54, 1.807) is 24.5 Å². The Morgan fingerprint density at radius 1 is 1.56 bits per heavy atom. The lowest BCUT2D eigenvalue weighted by Crippen LogP contribution is -1.99. The van der Waals surface area contributed by atoms with Crippen LogP contribution in [0.5, 0.6) is 0 Å². The zero-order chi connectivity index (χ0) is 13.1. The Morgan fingerprint density at radius 3 is 2.94 bits per heavy atom. The topological polar surface area (TPSA) is 56.2 Å². The van der Waals surface area contributed by atoms with Crippen molar-refractivity contribution < 1.29 is 4.39 Å². The first kappa shape index (κ1) is 12.8. The molecule has 0 atom stereocenters. The Bertz CT molecular complexity index is 592. The minimum absolute atomic E-state index is 0.259. The van der Waals surface area contributed by atoms with E-state index in [1.165, 1.54) is 10.7 Å². The van der Waals surface area contributed by atoms with E-state index in [9.17, 15) is 4.39 Å². The molecular weight excluding hydrogens is 299 g/mol. The molecule has 1 heterocycles. The van der Waals surface area contributed by atoms with Gasteiger partial charge in [0.1, 0.15) is 5.82 Å². The van der Waals surface area contributed by atoms with Crippen LogP contribution in [0.4, 0.5) is 10.3 Å². The van der Waals surface area contributed by atoms with Crippen LogP contribution in [0, 0.1) is 12.7 Å². The number of hydrogen-bond acceptors (Lipinski definition) is 3. The summed E-state index contributed by atoms with van der Waals surface area (Å²) in [6, 6.07) is 4.86. The monoisotopic (exact) mass is 310 g/mol. The molecular formula is C12H12BrFN4. The number of imidazole rings is 1. The van der Waals surface area contributed by atoms with Crippen molar-refractivity contribution in [3.63, 3.8) is 0 Å². The summed E-state index contributed by atoms with van der Waals surface area (Å²) < 4.78 is 15.0. The highest BCUT2D eigenvalue weighted by Gasteiger charge is 2.05. The second-order valence-electron chi connectivity index (χ2n) is 3.77. The van der Waals surface area contributed by atoms with Gasteiger partial charge in [0, 0.05) is 16.5 Å². The van der Waals surface area contributed by atoms with E-state index in [4.69, 9.17) is 5.73 Å². The molecule has 2 rings (SSSR count). The molecule has 1 aromatic carbocycles. The third-order valence-electron chi connectivity index (χ3n) is 2.44. The van der Waals surface area contributed by atoms with E-state index in [0.717, 1.165) is 5.69 Å². The van der Waals surface area contributed by atoms with Gasteiger partial charge in [-0.2, -0.15) is 5.10 Å². The highest BCUT2D eigenvalue weighted by molar-refractivity contribution is 9.08. The number of nitrogens with zero attached hydrogens (tertiary/aromatic N) is 3. The highest BCUT2D eigenvalue weighted by Crippen LogP contribution is 2.15. The van der Waals surface area contributed by atoms with Crippen LogP contribution in [-0.4, -0.2) is 15.9 Å². The molecule has 4 nitrogen and oxygen atoms in total. The van der Waals surface area contributed by atoms with Gasteiger partial charge in [-0.1, -0.05) is 28.1 Å². The van der Waals surface area contributed by atoms with Crippen LogP contribution in [-0.2, 0) is 5.33 Å². The number of aryl methyl sites for hydroxylation is 1. The van der Waals surface area contributed by atoms with Gasteiger partial charge in [0.25, 0.3) is 0 Å². The zero-order valence-corrected chi connectivity index (χ0v) is 11.4. The Hall–Kier alpha value is -1.69. The summed E-state index contributed by atoms with van der Waals surface area (Å²) in [5, 5.41) is 4.59. The summed E-state index contributed by atoms with van der Waals surface area (Å²) in [6.45, 7) is 1.83. The first-order valence-corrected chi connectivity index (χ1v) is 6.43. The normalized spacial score (nSPS) is 11.3. The molecule has 0 radical (unpaired) electrons. The third kappa shape index (κ3) is 2.59. The van der Waals surface area contributed by atoms with Gasteiger partial charge in [0.05, 0.1) is 18.1 Å². The number of aromatic nitrogens is 2. The number of anilines is 1. The number of hydrogen-bond donors (Lipinski definition) is 1. The first-order valence-electron chi connectivity index (χ1n) is 5.31. The second kappa shape index (κ2) is 5.30. The van der Waals surface area contributed by atoms with Crippen molar-refractivity contribution in [1.82, 2.24) is 9.66 Å². The lowest BCUT2D eigenvalue weighted by molar-refractivity contribution is 0.617. The molecule has 0 unspecified atom stereocenters. The standard InChI is InChI=1S/C12H12BrFN4/c1-8-7-18(12(15)17-8)16-6-9-3-2-4-11(14)10(9)5-13/h2-4,6-7H,5H2,1H3,(H2,15,17). The van der Waals surface area contributed by atoms with Gasteiger partial charge in [0.2, 0.25) is 5.95 Å². The average molecular weight is 311 g/mol. The maximum Gasteiger partial charge on any atom is 0.221 e. The number of halogens is 2. The summed E-state index contributed by atoms with van der Waals surface area (Å²) in [7, 11) is 0. The Balaban J connectivity index is 2.34. The Morgan fingerprint density at radius 2 is 2.33 bits per heavy atom. The van der Waals surface area contributed by atoms with Gasteiger partial charge in [-0.05, 0) is 13.0 Å². The minimum atomic E-state index is -0.259. The van der Waals surface area contributed by atoms with E-state index >= 15 is 0 Å². The molecule has 0 amide bonds. The van der Waals surface area contributed by atoms with Crippen molar-refractivity contribution in [2.45, 2.75) is 12.3 Å². The fourth-order valence-electron chi connectivity index (χ4n) is 1.56. The molecule has 6 heteroatoms. The van der Waals surface area contributed by atoms with Crippen molar-refractivity contribution in [2.24, 2.45) is 5.10 Å². The second-order valence-corrected chi connectivity index (χ2v) is 4.33. The van der Waals surface area contributed by atoms with Gasteiger partial charge in [-0.3, -0.25) is 0 Å². The molecule has 1 aromatic heterocycles. The van der Waals surface area contributed by atoms with E-state index in [-0.39, 0.29) is 5.82 Å². The lowest BCUT2D eigenvalue weighted by Gasteiger charge is -2.03. The van der Waals surface area contributed by atoms with Crippen molar-refractivity contribution >= 4 is 28.1 Å². The molecule has 0 aliphatic rings. The summed E-state index contributed by atoms with van der Waals surface area (Å²) in [6.07, 6.45) is 3.27. The van der Waals surface area contributed by atoms with E-state index in [2.05, 4.69) is 26.0 Å². The van der Waals surface area contributed by atoms with E-state index in [0.29, 0.717) is 22.4 Å². The quantitative estimate of drug-likeness (QED) is 0.700. The van der Waals surface area contributed by atoms with Crippen LogP contribution < -0.4 is 5.73 Å².